The molecule has 1 aromatic carbocycles. The molecular formula is C12H14BrNO3. The molecule has 1 aromatic rings. The Kier molecular flexibility index (Phi) is 3.69. The largest absolute Gasteiger partial charge is 0.506 e. The number of carbonyl (C=O) groups is 1. The smallest absolute Gasteiger partial charge is 0.253 e. The molecular weight excluding hydrogens is 286 g/mol. The van der Waals surface area contributed by atoms with Crippen molar-refractivity contribution in [2.24, 2.45) is 5.92 Å². The zero-order valence-electron chi connectivity index (χ0n) is 9.44. The van der Waals surface area contributed by atoms with Crippen molar-refractivity contribution in [2.75, 3.05) is 11.9 Å². The molecule has 2 unspecified atom stereocenters. The number of anilines is 1. The summed E-state index contributed by atoms with van der Waals surface area (Å²) in [5.74, 6) is 0.0555. The fourth-order valence-electron chi connectivity index (χ4n) is 1.84. The van der Waals surface area contributed by atoms with Gasteiger partial charge in [-0.3, -0.25) is 4.79 Å². The average molecular weight is 300 g/mol. The van der Waals surface area contributed by atoms with Gasteiger partial charge in [0.05, 0.1) is 5.69 Å². The Morgan fingerprint density at radius 1 is 1.59 bits per heavy atom. The summed E-state index contributed by atoms with van der Waals surface area (Å²) in [7, 11) is 0. The molecule has 0 aliphatic carbocycles. The van der Waals surface area contributed by atoms with Crippen molar-refractivity contribution in [3.8, 4) is 5.75 Å². The van der Waals surface area contributed by atoms with Crippen LogP contribution in [0.25, 0.3) is 0 Å². The van der Waals surface area contributed by atoms with Crippen molar-refractivity contribution in [1.82, 2.24) is 0 Å². The van der Waals surface area contributed by atoms with Crippen LogP contribution in [0.1, 0.15) is 13.3 Å². The number of hydrogen-bond acceptors (Lipinski definition) is 3. The summed E-state index contributed by atoms with van der Waals surface area (Å²) < 4.78 is 6.16. The molecule has 1 heterocycles. The summed E-state index contributed by atoms with van der Waals surface area (Å²) >= 11 is 3.29. The van der Waals surface area contributed by atoms with Crippen LogP contribution in [0.3, 0.4) is 0 Å². The highest BCUT2D eigenvalue weighted by atomic mass is 79.9. The van der Waals surface area contributed by atoms with Crippen LogP contribution in [0.2, 0.25) is 0 Å². The van der Waals surface area contributed by atoms with Crippen molar-refractivity contribution in [2.45, 2.75) is 19.4 Å². The lowest BCUT2D eigenvalue weighted by Gasteiger charge is -2.15. The molecule has 1 fully saturated rings. The number of nitrogens with one attached hydrogen (secondary N) is 1. The highest BCUT2D eigenvalue weighted by Crippen LogP contribution is 2.28. The number of ether oxygens (including phenoxy) is 1. The number of halogens is 1. The first-order valence-electron chi connectivity index (χ1n) is 5.49. The summed E-state index contributed by atoms with van der Waals surface area (Å²) in [6.45, 7) is 2.60. The number of amides is 1. The average Bonchev–Trinajstić information content (AvgIpc) is 2.70. The summed E-state index contributed by atoms with van der Waals surface area (Å²) in [4.78, 5) is 11.9. The van der Waals surface area contributed by atoms with E-state index in [1.165, 1.54) is 6.07 Å². The van der Waals surface area contributed by atoms with Crippen molar-refractivity contribution in [3.05, 3.63) is 22.7 Å². The summed E-state index contributed by atoms with van der Waals surface area (Å²) in [6, 6.07) is 4.89. The summed E-state index contributed by atoms with van der Waals surface area (Å²) in [5.41, 5.74) is 0.395. The molecule has 2 N–H and O–H groups in total. The number of carbonyl (C=O) groups excluding carboxylic acids is 1. The lowest BCUT2D eigenvalue weighted by molar-refractivity contribution is -0.126. The van der Waals surface area contributed by atoms with E-state index in [1.807, 2.05) is 6.92 Å². The predicted octanol–water partition coefficient (Wildman–Crippen LogP) is 2.52. The standard InChI is InChI=1S/C12H14BrNO3/c1-7-4-5-17-11(7)12(16)14-9-6-8(13)2-3-10(9)15/h2-3,6-7,11,15H,4-5H2,1H3,(H,14,16). The lowest BCUT2D eigenvalue weighted by Crippen LogP contribution is -2.31. The number of hydrogen-bond donors (Lipinski definition) is 2. The first-order valence-corrected chi connectivity index (χ1v) is 6.28. The Bertz CT molecular complexity index is 436. The molecule has 92 valence electrons. The van der Waals surface area contributed by atoms with E-state index >= 15 is 0 Å². The van der Waals surface area contributed by atoms with Crippen molar-refractivity contribution >= 4 is 27.5 Å². The maximum atomic E-state index is 11.9. The lowest BCUT2D eigenvalue weighted by atomic mass is 10.0. The van der Waals surface area contributed by atoms with Gasteiger partial charge in [-0.25, -0.2) is 0 Å². The van der Waals surface area contributed by atoms with Crippen molar-refractivity contribution < 1.29 is 14.6 Å². The number of phenols is 1. The van der Waals surface area contributed by atoms with Crippen molar-refractivity contribution in [3.63, 3.8) is 0 Å². The fourth-order valence-corrected chi connectivity index (χ4v) is 2.20. The van der Waals surface area contributed by atoms with Crippen LogP contribution in [0.15, 0.2) is 22.7 Å². The molecule has 1 saturated heterocycles. The maximum Gasteiger partial charge on any atom is 0.253 e. The van der Waals surface area contributed by atoms with E-state index in [0.29, 0.717) is 12.3 Å². The monoisotopic (exact) mass is 299 g/mol. The molecule has 2 rings (SSSR count). The van der Waals surface area contributed by atoms with E-state index in [4.69, 9.17) is 4.74 Å². The van der Waals surface area contributed by atoms with Crippen LogP contribution >= 0.6 is 15.9 Å². The molecule has 0 bridgehead atoms. The van der Waals surface area contributed by atoms with Gasteiger partial charge in [-0.2, -0.15) is 0 Å². The molecule has 4 nitrogen and oxygen atoms in total. The molecule has 17 heavy (non-hydrogen) atoms. The van der Waals surface area contributed by atoms with Crippen LogP contribution in [0, 0.1) is 5.92 Å². The normalized spacial score (nSPS) is 23.6. The van der Waals surface area contributed by atoms with Gasteiger partial charge in [0.25, 0.3) is 5.91 Å². The number of aromatic hydroxyl groups is 1. The molecule has 5 heteroatoms. The van der Waals surface area contributed by atoms with E-state index in [1.54, 1.807) is 12.1 Å². The molecule has 1 aliphatic heterocycles. The molecule has 0 saturated carbocycles. The van der Waals surface area contributed by atoms with Gasteiger partial charge in [-0.1, -0.05) is 22.9 Å². The van der Waals surface area contributed by atoms with Gasteiger partial charge in [0.2, 0.25) is 0 Å². The second-order valence-electron chi connectivity index (χ2n) is 4.21. The van der Waals surface area contributed by atoms with Gasteiger partial charge >= 0.3 is 0 Å². The molecule has 2 atom stereocenters. The van der Waals surface area contributed by atoms with Gasteiger partial charge < -0.3 is 15.2 Å². The Morgan fingerprint density at radius 3 is 3.00 bits per heavy atom. The minimum Gasteiger partial charge on any atom is -0.506 e. The third kappa shape index (κ3) is 2.79. The summed E-state index contributed by atoms with van der Waals surface area (Å²) in [5, 5.41) is 12.3. The Hall–Kier alpha value is -1.07. The quantitative estimate of drug-likeness (QED) is 0.825. The zero-order valence-corrected chi connectivity index (χ0v) is 11.0. The highest BCUT2D eigenvalue weighted by molar-refractivity contribution is 9.10. The zero-order chi connectivity index (χ0) is 12.4. The van der Waals surface area contributed by atoms with Crippen LogP contribution in [-0.2, 0) is 9.53 Å². The van der Waals surface area contributed by atoms with Crippen LogP contribution in [0.5, 0.6) is 5.75 Å². The number of phenolic OH excluding ortho intramolecular Hbond substituents is 1. The molecule has 0 spiro atoms. The van der Waals surface area contributed by atoms with Gasteiger partial charge in [0.1, 0.15) is 11.9 Å². The number of benzene rings is 1. The maximum absolute atomic E-state index is 11.9. The first kappa shape index (κ1) is 12.4. The van der Waals surface area contributed by atoms with Gasteiger partial charge in [-0.05, 0) is 30.5 Å². The van der Waals surface area contributed by atoms with Crippen LogP contribution in [-0.4, -0.2) is 23.7 Å². The van der Waals surface area contributed by atoms with Gasteiger partial charge in [0, 0.05) is 11.1 Å². The molecule has 0 radical (unpaired) electrons. The highest BCUT2D eigenvalue weighted by Gasteiger charge is 2.31. The predicted molar refractivity (Wildman–Crippen MR) is 68.0 cm³/mol. The first-order chi connectivity index (χ1) is 8.08. The Balaban J connectivity index is 2.10. The van der Waals surface area contributed by atoms with Crippen LogP contribution < -0.4 is 5.32 Å². The van der Waals surface area contributed by atoms with E-state index in [9.17, 15) is 9.90 Å². The molecule has 1 amide bonds. The minimum atomic E-state index is -0.423. The summed E-state index contributed by atoms with van der Waals surface area (Å²) in [6.07, 6.45) is 0.469. The van der Waals surface area contributed by atoms with Gasteiger partial charge in [-0.15, -0.1) is 0 Å². The second-order valence-corrected chi connectivity index (χ2v) is 5.12. The van der Waals surface area contributed by atoms with Gasteiger partial charge in [0.15, 0.2) is 0 Å². The topological polar surface area (TPSA) is 58.6 Å². The molecule has 0 aromatic heterocycles. The van der Waals surface area contributed by atoms with E-state index in [-0.39, 0.29) is 17.6 Å². The van der Waals surface area contributed by atoms with Crippen LogP contribution in [0.4, 0.5) is 5.69 Å². The van der Waals surface area contributed by atoms with E-state index in [2.05, 4.69) is 21.2 Å². The Morgan fingerprint density at radius 2 is 2.35 bits per heavy atom. The minimum absolute atomic E-state index is 0.0483. The third-order valence-corrected chi connectivity index (χ3v) is 3.36. The third-order valence-electron chi connectivity index (χ3n) is 2.86. The van der Waals surface area contributed by atoms with E-state index < -0.39 is 6.10 Å². The second kappa shape index (κ2) is 5.06. The fraction of sp³-hybridized carbons (Fsp3) is 0.417. The Labute approximate surface area is 108 Å². The number of rotatable bonds is 2. The van der Waals surface area contributed by atoms with E-state index in [0.717, 1.165) is 10.9 Å². The van der Waals surface area contributed by atoms with Crippen molar-refractivity contribution in [1.29, 1.82) is 0 Å². The SMILES string of the molecule is CC1CCOC1C(=O)Nc1cc(Br)ccc1O. The molecule has 1 aliphatic rings.